The van der Waals surface area contributed by atoms with Crippen molar-refractivity contribution in [2.75, 3.05) is 5.01 Å². The molecule has 3 N–H and O–H groups in total. The Kier molecular flexibility index (Phi) is 8.88. The van der Waals surface area contributed by atoms with Crippen LogP contribution in [0.2, 0.25) is 0 Å². The number of non-ortho nitro benzene ring substituents is 1. The Balaban J connectivity index is 0.00000363. The Morgan fingerprint density at radius 2 is 1.47 bits per heavy atom. The molecule has 1 atom stereocenters. The molecule has 3 aromatic carbocycles. The second-order valence-corrected chi connectivity index (χ2v) is 6.94. The Labute approximate surface area is 191 Å². The number of carbonyl (C=O) groups is 2. The molecule has 3 aromatic rings. The summed E-state index contributed by atoms with van der Waals surface area (Å²) in [7, 11) is 0. The predicted molar refractivity (Wildman–Crippen MR) is 124 cm³/mol. The summed E-state index contributed by atoms with van der Waals surface area (Å²) >= 11 is 0. The average Bonchev–Trinajstić information content (AvgIpc) is 2.78. The summed E-state index contributed by atoms with van der Waals surface area (Å²) in [5.41, 5.74) is 10.6. The maximum atomic E-state index is 12.9. The first-order valence-corrected chi connectivity index (χ1v) is 9.65. The summed E-state index contributed by atoms with van der Waals surface area (Å²) < 4.78 is 0. The molecule has 1 unspecified atom stereocenters. The van der Waals surface area contributed by atoms with E-state index in [9.17, 15) is 19.7 Å². The van der Waals surface area contributed by atoms with Crippen molar-refractivity contribution >= 4 is 35.6 Å². The molecule has 0 aromatic heterocycles. The monoisotopic (exact) mass is 454 g/mol. The van der Waals surface area contributed by atoms with Crippen LogP contribution < -0.4 is 16.2 Å². The zero-order valence-electron chi connectivity index (χ0n) is 17.1. The van der Waals surface area contributed by atoms with E-state index in [1.807, 2.05) is 36.4 Å². The van der Waals surface area contributed by atoms with Crippen molar-refractivity contribution in [3.63, 3.8) is 0 Å². The van der Waals surface area contributed by atoms with Gasteiger partial charge in [-0.1, -0.05) is 60.7 Å². The summed E-state index contributed by atoms with van der Waals surface area (Å²) in [6.45, 7) is 0. The molecule has 32 heavy (non-hydrogen) atoms. The summed E-state index contributed by atoms with van der Waals surface area (Å²) in [6.07, 6.45) is 0.271. The van der Waals surface area contributed by atoms with Crippen molar-refractivity contribution < 1.29 is 14.5 Å². The number of benzene rings is 3. The molecule has 0 bridgehead atoms. The third kappa shape index (κ3) is 6.63. The van der Waals surface area contributed by atoms with E-state index in [2.05, 4.69) is 5.43 Å². The van der Waals surface area contributed by atoms with Crippen LogP contribution in [-0.4, -0.2) is 22.8 Å². The van der Waals surface area contributed by atoms with E-state index in [4.69, 9.17) is 5.73 Å². The van der Waals surface area contributed by atoms with Crippen LogP contribution in [0.1, 0.15) is 11.1 Å². The zero-order chi connectivity index (χ0) is 22.2. The van der Waals surface area contributed by atoms with Gasteiger partial charge in [-0.2, -0.15) is 0 Å². The number of nitrogens with one attached hydrogen (secondary N) is 1. The third-order valence-corrected chi connectivity index (χ3v) is 4.62. The standard InChI is InChI=1S/C23H22N4O4.ClH/c24-21(15-18-11-13-20(14-12-18)27(30)31)23(29)25-26(19-9-5-2-6-10-19)22(28)16-17-7-3-1-4-8-17;/h1-14,21H,15-16,24H2,(H,25,29);1H. The van der Waals surface area contributed by atoms with Gasteiger partial charge < -0.3 is 5.73 Å². The quantitative estimate of drug-likeness (QED) is 0.419. The number of nitro groups is 1. The average molecular weight is 455 g/mol. The highest BCUT2D eigenvalue weighted by molar-refractivity contribution is 5.98. The Morgan fingerprint density at radius 3 is 2.03 bits per heavy atom. The van der Waals surface area contributed by atoms with Gasteiger partial charge in [0.25, 0.3) is 11.6 Å². The van der Waals surface area contributed by atoms with Crippen molar-refractivity contribution in [3.05, 3.63) is 106 Å². The lowest BCUT2D eigenvalue weighted by molar-refractivity contribution is -0.384. The SMILES string of the molecule is Cl.NC(Cc1ccc([N+](=O)[O-])cc1)C(=O)NN(C(=O)Cc1ccccc1)c1ccccc1. The topological polar surface area (TPSA) is 119 Å². The second kappa shape index (κ2) is 11.6. The molecule has 8 nitrogen and oxygen atoms in total. The summed E-state index contributed by atoms with van der Waals surface area (Å²) in [5.74, 6) is -0.850. The summed E-state index contributed by atoms with van der Waals surface area (Å²) in [4.78, 5) is 35.9. The number of amides is 2. The molecule has 0 aliphatic carbocycles. The third-order valence-electron chi connectivity index (χ3n) is 4.62. The lowest BCUT2D eigenvalue weighted by Crippen LogP contribution is -2.53. The lowest BCUT2D eigenvalue weighted by atomic mass is 10.1. The summed E-state index contributed by atoms with van der Waals surface area (Å²) in [5, 5.41) is 12.0. The highest BCUT2D eigenvalue weighted by Gasteiger charge is 2.22. The highest BCUT2D eigenvalue weighted by Crippen LogP contribution is 2.15. The number of nitro benzene ring substituents is 1. The number of hydrogen-bond donors (Lipinski definition) is 2. The Morgan fingerprint density at radius 1 is 0.906 bits per heavy atom. The smallest absolute Gasteiger partial charge is 0.269 e. The number of para-hydroxylation sites is 1. The Hall–Kier alpha value is -3.75. The van der Waals surface area contributed by atoms with Gasteiger partial charge in [0.1, 0.15) is 0 Å². The Bertz CT molecular complexity index is 1050. The molecular weight excluding hydrogens is 432 g/mol. The molecule has 0 saturated carbocycles. The van der Waals surface area contributed by atoms with E-state index in [1.165, 1.54) is 17.1 Å². The van der Waals surface area contributed by atoms with Crippen LogP contribution in [0.25, 0.3) is 0 Å². The molecule has 166 valence electrons. The molecule has 0 fully saturated rings. The number of rotatable bonds is 7. The van der Waals surface area contributed by atoms with E-state index >= 15 is 0 Å². The highest BCUT2D eigenvalue weighted by atomic mass is 35.5. The number of anilines is 1. The van der Waals surface area contributed by atoms with Gasteiger partial charge in [-0.3, -0.25) is 25.1 Å². The van der Waals surface area contributed by atoms with E-state index in [1.54, 1.807) is 36.4 Å². The van der Waals surface area contributed by atoms with Crippen molar-refractivity contribution in [1.82, 2.24) is 5.43 Å². The molecule has 0 heterocycles. The van der Waals surface area contributed by atoms with E-state index in [0.29, 0.717) is 11.3 Å². The normalized spacial score (nSPS) is 11.0. The number of nitrogens with zero attached hydrogens (tertiary/aromatic N) is 2. The molecule has 0 aliphatic heterocycles. The molecule has 0 spiro atoms. The van der Waals surface area contributed by atoms with Crippen molar-refractivity contribution in [2.24, 2.45) is 5.73 Å². The summed E-state index contributed by atoms with van der Waals surface area (Å²) in [6, 6.07) is 22.9. The molecule has 0 saturated heterocycles. The van der Waals surface area contributed by atoms with Crippen LogP contribution in [0.5, 0.6) is 0 Å². The van der Waals surface area contributed by atoms with E-state index in [0.717, 1.165) is 5.56 Å². The van der Waals surface area contributed by atoms with Gasteiger partial charge in [-0.05, 0) is 29.7 Å². The van der Waals surface area contributed by atoms with Crippen LogP contribution in [0, 0.1) is 10.1 Å². The first-order valence-electron chi connectivity index (χ1n) is 9.65. The van der Waals surface area contributed by atoms with E-state index < -0.39 is 16.9 Å². The van der Waals surface area contributed by atoms with Gasteiger partial charge in [0.15, 0.2) is 0 Å². The van der Waals surface area contributed by atoms with Crippen molar-refractivity contribution in [2.45, 2.75) is 18.9 Å². The van der Waals surface area contributed by atoms with Crippen LogP contribution in [0.3, 0.4) is 0 Å². The lowest BCUT2D eigenvalue weighted by Gasteiger charge is -2.25. The van der Waals surface area contributed by atoms with Crippen molar-refractivity contribution in [1.29, 1.82) is 0 Å². The molecule has 0 radical (unpaired) electrons. The molecule has 0 aliphatic rings. The molecule has 2 amide bonds. The number of hydrazine groups is 1. The fraction of sp³-hybridized carbons (Fsp3) is 0.130. The van der Waals surface area contributed by atoms with Gasteiger partial charge in [-0.25, -0.2) is 5.01 Å². The minimum absolute atomic E-state index is 0. The second-order valence-electron chi connectivity index (χ2n) is 6.94. The van der Waals surface area contributed by atoms with Gasteiger partial charge in [0, 0.05) is 12.1 Å². The first kappa shape index (κ1) is 24.5. The predicted octanol–water partition coefficient (Wildman–Crippen LogP) is 3.19. The minimum Gasteiger partial charge on any atom is -0.320 e. The molecule has 3 rings (SSSR count). The van der Waals surface area contributed by atoms with Gasteiger partial charge >= 0.3 is 0 Å². The molecule has 9 heteroatoms. The van der Waals surface area contributed by atoms with Gasteiger partial charge in [0.2, 0.25) is 5.91 Å². The zero-order valence-corrected chi connectivity index (χ0v) is 17.9. The van der Waals surface area contributed by atoms with Gasteiger partial charge in [0.05, 0.1) is 23.1 Å². The largest absolute Gasteiger partial charge is 0.320 e. The van der Waals surface area contributed by atoms with E-state index in [-0.39, 0.29) is 36.8 Å². The number of halogens is 1. The molecular formula is C23H23ClN4O4. The van der Waals surface area contributed by atoms with Crippen LogP contribution in [0.4, 0.5) is 11.4 Å². The van der Waals surface area contributed by atoms with Crippen molar-refractivity contribution in [3.8, 4) is 0 Å². The maximum Gasteiger partial charge on any atom is 0.269 e. The van der Waals surface area contributed by atoms with Crippen LogP contribution in [0.15, 0.2) is 84.9 Å². The van der Waals surface area contributed by atoms with Crippen LogP contribution >= 0.6 is 12.4 Å². The maximum absolute atomic E-state index is 12.9. The number of nitrogens with two attached hydrogens (primary N) is 1. The minimum atomic E-state index is -0.947. The fourth-order valence-corrected chi connectivity index (χ4v) is 2.99. The van der Waals surface area contributed by atoms with Crippen LogP contribution in [-0.2, 0) is 22.4 Å². The number of hydrogen-bond acceptors (Lipinski definition) is 5. The fourth-order valence-electron chi connectivity index (χ4n) is 2.99. The number of carbonyl (C=O) groups excluding carboxylic acids is 2. The first-order chi connectivity index (χ1) is 14.9. The van der Waals surface area contributed by atoms with Gasteiger partial charge in [-0.15, -0.1) is 12.4 Å².